The van der Waals surface area contributed by atoms with Crippen molar-refractivity contribution in [1.29, 1.82) is 0 Å². The van der Waals surface area contributed by atoms with Crippen LogP contribution in [0.5, 0.6) is 0 Å². The van der Waals surface area contributed by atoms with Gasteiger partial charge in [-0.05, 0) is 0 Å². The quantitative estimate of drug-likeness (QED) is 0.534. The van der Waals surface area contributed by atoms with Gasteiger partial charge in [0, 0.05) is 0 Å². The first-order valence-electron chi connectivity index (χ1n) is 7.86. The van der Waals surface area contributed by atoms with Crippen molar-refractivity contribution in [2.45, 2.75) is 64.7 Å². The van der Waals surface area contributed by atoms with Gasteiger partial charge in [-0.2, -0.15) is 0 Å². The summed E-state index contributed by atoms with van der Waals surface area (Å²) in [5.41, 5.74) is 9.92. The van der Waals surface area contributed by atoms with Crippen molar-refractivity contribution in [3.8, 4) is 0 Å². The smallest absolute Gasteiger partial charge is 1.00 e. The zero-order valence-corrected chi connectivity index (χ0v) is 20.3. The molecule has 22 heavy (non-hydrogen) atoms. The minimum atomic E-state index is -1.56. The van der Waals surface area contributed by atoms with Crippen LogP contribution in [0.4, 0.5) is 0 Å². The van der Waals surface area contributed by atoms with Gasteiger partial charge in [-0.25, -0.2) is 0 Å². The summed E-state index contributed by atoms with van der Waals surface area (Å²) in [6.07, 6.45) is 3.83. The molecule has 0 atom stereocenters. The molecule has 0 amide bonds. The van der Waals surface area contributed by atoms with Crippen LogP contribution in [0.2, 0.25) is 16.7 Å². The molecule has 0 bridgehead atoms. The summed E-state index contributed by atoms with van der Waals surface area (Å²) in [7, 11) is 0. The van der Waals surface area contributed by atoms with Gasteiger partial charge in [-0.3, -0.25) is 0 Å². The van der Waals surface area contributed by atoms with E-state index < -0.39 is 26.8 Å². The number of allylic oxidation sites excluding steroid dienone is 8. The van der Waals surface area contributed by atoms with Crippen molar-refractivity contribution in [2.75, 3.05) is 0 Å². The Kier molecular flexibility index (Phi) is 8.90. The van der Waals surface area contributed by atoms with Gasteiger partial charge in [-0.15, -0.1) is 0 Å². The first-order chi connectivity index (χ1) is 9.27. The van der Waals surface area contributed by atoms with Crippen LogP contribution in [0.3, 0.4) is 0 Å². The van der Waals surface area contributed by atoms with Crippen LogP contribution in [-0.2, 0) is 20.9 Å². The first-order valence-corrected chi connectivity index (χ1v) is 17.7. The fourth-order valence-corrected chi connectivity index (χ4v) is 26.0. The number of hydrogen-bond donors (Lipinski definition) is 0. The van der Waals surface area contributed by atoms with Crippen LogP contribution in [0, 0.1) is 0 Å². The molecule has 0 unspecified atom stereocenters. The van der Waals surface area contributed by atoms with Gasteiger partial charge in [0.05, 0.1) is 0 Å². The molecule has 2 aliphatic carbocycles. The van der Waals surface area contributed by atoms with E-state index in [1.165, 1.54) is 6.42 Å². The van der Waals surface area contributed by atoms with Crippen molar-refractivity contribution < 1.29 is 45.7 Å². The Morgan fingerprint density at radius 1 is 0.864 bits per heavy atom. The molecule has 0 aromatic heterocycles. The molecule has 0 saturated carbocycles. The molecule has 123 valence electrons. The zero-order chi connectivity index (χ0) is 15.2. The fraction of sp³-hybridized carbons (Fsp3) is 0.556. The summed E-state index contributed by atoms with van der Waals surface area (Å²) in [6, 6.07) is 0. The third kappa shape index (κ3) is 3.82. The van der Waals surface area contributed by atoms with Gasteiger partial charge in [0.1, 0.15) is 0 Å². The summed E-state index contributed by atoms with van der Waals surface area (Å²) < 4.78 is 2.74. The van der Waals surface area contributed by atoms with Crippen LogP contribution in [-0.4, -0.2) is 5.92 Å². The van der Waals surface area contributed by atoms with E-state index in [1.807, 2.05) is 3.28 Å². The maximum atomic E-state index is 2.61. The largest absolute Gasteiger partial charge is 1.00 e. The molecule has 4 heteroatoms. The predicted molar refractivity (Wildman–Crippen MR) is 90.4 cm³/mol. The van der Waals surface area contributed by atoms with Gasteiger partial charge in [0.2, 0.25) is 0 Å². The Morgan fingerprint density at radius 3 is 1.64 bits per heavy atom. The average Bonchev–Trinajstić information content (AvgIpc) is 2.80. The van der Waals surface area contributed by atoms with Crippen LogP contribution in [0.15, 0.2) is 42.8 Å². The minimum Gasteiger partial charge on any atom is -1.00 e. The maximum Gasteiger partial charge on any atom is -1.00 e. The van der Waals surface area contributed by atoms with Crippen LogP contribution < -0.4 is 24.8 Å². The van der Waals surface area contributed by atoms with Crippen LogP contribution in [0.25, 0.3) is 0 Å². The van der Waals surface area contributed by atoms with E-state index in [-0.39, 0.29) is 24.8 Å². The SMILES string of the molecule is CC1=C(C)[C]([Zr+2]([CH]2C(C)=C(C)C(C)=C2C)[SiH](C)C)=CC1.[Cl-].[Cl-]. The van der Waals surface area contributed by atoms with Crippen LogP contribution >= 0.6 is 0 Å². The van der Waals surface area contributed by atoms with E-state index in [9.17, 15) is 0 Å². The Balaban J connectivity index is 0.00000220. The Bertz CT molecular complexity index is 544. The molecule has 0 saturated heterocycles. The van der Waals surface area contributed by atoms with Crippen molar-refractivity contribution in [3.63, 3.8) is 0 Å². The van der Waals surface area contributed by atoms with E-state index in [2.05, 4.69) is 60.7 Å². The molecule has 0 aliphatic heterocycles. The molecular formula is C18H29Cl2SiZr. The van der Waals surface area contributed by atoms with Crippen LogP contribution in [0.1, 0.15) is 48.0 Å². The first kappa shape index (κ1) is 22.6. The molecule has 0 N–H and O–H groups in total. The Hall–Kier alpha value is 0.640. The molecule has 0 aromatic carbocycles. The molecular weight excluding hydrogens is 406 g/mol. The zero-order valence-electron chi connectivity index (χ0n) is 15.2. The van der Waals surface area contributed by atoms with Gasteiger partial charge in [-0.1, -0.05) is 0 Å². The summed E-state index contributed by atoms with van der Waals surface area (Å²) in [4.78, 5) is 0. The molecule has 2 aliphatic rings. The normalized spacial score (nSPS) is 18.9. The third-order valence-electron chi connectivity index (χ3n) is 5.51. The topological polar surface area (TPSA) is 0 Å². The van der Waals surface area contributed by atoms with E-state index >= 15 is 0 Å². The Morgan fingerprint density at radius 2 is 1.32 bits per heavy atom. The van der Waals surface area contributed by atoms with Gasteiger partial charge < -0.3 is 24.8 Å². The minimum absolute atomic E-state index is 0. The van der Waals surface area contributed by atoms with E-state index in [4.69, 9.17) is 0 Å². The summed E-state index contributed by atoms with van der Waals surface area (Å²) in [5, 5.41) is 0. The molecule has 0 fully saturated rings. The van der Waals surface area contributed by atoms with Crippen molar-refractivity contribution in [2.24, 2.45) is 0 Å². The van der Waals surface area contributed by atoms with Crippen molar-refractivity contribution in [3.05, 3.63) is 42.8 Å². The average molecular weight is 436 g/mol. The molecule has 0 spiro atoms. The standard InChI is InChI=1S/C9H13.C7H9.C2H7Si.2ClH.Zr/c1-6-5-7(2)9(4)8(6)3;1-6-4-3-5-7(6)2;1-3-2;;;/h5H,1-4H3;3H,4H2,1-2H3;3H,1-2H3;2*1H;/q;;;;;+2/p-2. The molecule has 0 heterocycles. The van der Waals surface area contributed by atoms with E-state index in [0.29, 0.717) is 0 Å². The predicted octanol–water partition coefficient (Wildman–Crippen LogP) is -0.305. The third-order valence-corrected chi connectivity index (χ3v) is 26.4. The molecule has 0 aromatic rings. The number of hydrogen-bond acceptors (Lipinski definition) is 0. The van der Waals surface area contributed by atoms with Crippen molar-refractivity contribution >= 4 is 5.92 Å². The second-order valence-electron chi connectivity index (χ2n) is 6.89. The second kappa shape index (κ2) is 8.65. The molecule has 0 nitrogen and oxygen atoms in total. The number of halogens is 2. The van der Waals surface area contributed by atoms with E-state index in [1.54, 1.807) is 33.4 Å². The summed E-state index contributed by atoms with van der Waals surface area (Å²) >= 11 is -1.56. The fourth-order valence-electron chi connectivity index (χ4n) is 3.74. The summed E-state index contributed by atoms with van der Waals surface area (Å²) in [5.74, 6) is -0.563. The maximum absolute atomic E-state index is 2.61. The van der Waals surface area contributed by atoms with Gasteiger partial charge in [0.15, 0.2) is 0 Å². The van der Waals surface area contributed by atoms with E-state index in [0.717, 1.165) is 3.63 Å². The van der Waals surface area contributed by atoms with Crippen molar-refractivity contribution in [1.82, 2.24) is 0 Å². The van der Waals surface area contributed by atoms with Gasteiger partial charge >= 0.3 is 134 Å². The molecule has 0 radical (unpaired) electrons. The molecule has 2 rings (SSSR count). The Labute approximate surface area is 158 Å². The monoisotopic (exact) mass is 433 g/mol. The second-order valence-corrected chi connectivity index (χ2v) is 26.4. The van der Waals surface area contributed by atoms with Gasteiger partial charge in [0.25, 0.3) is 0 Å². The number of rotatable bonds is 3. The summed E-state index contributed by atoms with van der Waals surface area (Å²) in [6.45, 7) is 19.5.